The number of hydrogen-bond donors (Lipinski definition) is 2. The second-order valence-corrected chi connectivity index (χ2v) is 7.50. The van der Waals surface area contributed by atoms with E-state index in [0.717, 1.165) is 37.9 Å². The lowest BCUT2D eigenvalue weighted by molar-refractivity contribution is -0.884. The van der Waals surface area contributed by atoms with Crippen LogP contribution in [0.4, 0.5) is 10.1 Å². The van der Waals surface area contributed by atoms with E-state index in [1.165, 1.54) is 23.1 Å². The highest BCUT2D eigenvalue weighted by Gasteiger charge is 2.22. The number of quaternary nitrogens is 1. The van der Waals surface area contributed by atoms with Gasteiger partial charge < -0.3 is 4.90 Å². The number of halogens is 1. The number of benzene rings is 2. The number of likely N-dealkylation sites (N-methyl/N-ethyl adjacent to an activating group) is 1. The molecule has 0 aromatic heterocycles. The summed E-state index contributed by atoms with van der Waals surface area (Å²) in [6, 6.07) is 10.1. The van der Waals surface area contributed by atoms with Crippen LogP contribution in [0.25, 0.3) is 0 Å². The Hall–Kier alpha value is -2.49. The van der Waals surface area contributed by atoms with E-state index in [9.17, 15) is 19.3 Å². The molecule has 1 fully saturated rings. The van der Waals surface area contributed by atoms with Gasteiger partial charge in [0.25, 0.3) is 11.6 Å². The second kappa shape index (κ2) is 8.47. The monoisotopic (exact) mass is 391 g/mol. The molecule has 1 aliphatic rings. The summed E-state index contributed by atoms with van der Waals surface area (Å²) in [6.07, 6.45) is 0. The van der Waals surface area contributed by atoms with Gasteiger partial charge in [-0.15, -0.1) is 0 Å². The molecule has 2 aromatic rings. The average Bonchev–Trinajstić information content (AvgIpc) is 2.65. The van der Waals surface area contributed by atoms with Crippen LogP contribution >= 0.6 is 11.8 Å². The molecule has 0 spiro atoms. The summed E-state index contributed by atoms with van der Waals surface area (Å²) in [7, 11) is 2.10. The van der Waals surface area contributed by atoms with Crippen LogP contribution in [0.5, 0.6) is 0 Å². The van der Waals surface area contributed by atoms with Crippen molar-refractivity contribution in [2.45, 2.75) is 9.79 Å². The Kier molecular flexibility index (Phi) is 6.04. The maximum absolute atomic E-state index is 13.0. The van der Waals surface area contributed by atoms with Crippen molar-refractivity contribution in [2.24, 2.45) is 0 Å². The highest BCUT2D eigenvalue weighted by Crippen LogP contribution is 2.35. The number of nitrogens with zero attached hydrogens (tertiary/aromatic N) is 2. The van der Waals surface area contributed by atoms with Gasteiger partial charge in [0.05, 0.1) is 43.0 Å². The van der Waals surface area contributed by atoms with Crippen molar-refractivity contribution in [3.63, 3.8) is 0 Å². The minimum atomic E-state index is -0.512. The molecule has 0 radical (unpaired) electrons. The number of nitro benzene ring substituents is 1. The van der Waals surface area contributed by atoms with Gasteiger partial charge >= 0.3 is 0 Å². The van der Waals surface area contributed by atoms with E-state index >= 15 is 0 Å². The van der Waals surface area contributed by atoms with Gasteiger partial charge in [0.1, 0.15) is 5.82 Å². The molecule has 142 valence electrons. The maximum Gasteiger partial charge on any atom is 0.284 e. The second-order valence-electron chi connectivity index (χ2n) is 6.38. The highest BCUT2D eigenvalue weighted by molar-refractivity contribution is 7.99. The maximum atomic E-state index is 13.0. The first-order valence-corrected chi connectivity index (χ1v) is 9.33. The molecule has 0 atom stereocenters. The molecular formula is C18H20FN4O3S+. The molecule has 0 aliphatic carbocycles. The zero-order chi connectivity index (χ0) is 19.4. The molecule has 2 aromatic carbocycles. The van der Waals surface area contributed by atoms with Gasteiger partial charge in [0.2, 0.25) is 0 Å². The van der Waals surface area contributed by atoms with Crippen molar-refractivity contribution < 1.29 is 19.0 Å². The Morgan fingerprint density at radius 2 is 1.89 bits per heavy atom. The highest BCUT2D eigenvalue weighted by atomic mass is 32.2. The van der Waals surface area contributed by atoms with E-state index in [1.807, 2.05) is 5.01 Å². The lowest BCUT2D eigenvalue weighted by atomic mass is 10.2. The fraction of sp³-hybridized carbons (Fsp3) is 0.278. The molecule has 1 saturated heterocycles. The van der Waals surface area contributed by atoms with E-state index in [2.05, 4.69) is 12.5 Å². The number of nitrogens with one attached hydrogen (secondary N) is 2. The third-order valence-electron chi connectivity index (χ3n) is 4.34. The van der Waals surface area contributed by atoms with E-state index in [1.54, 1.807) is 24.3 Å². The number of carbonyl (C=O) groups excluding carboxylic acids is 1. The van der Waals surface area contributed by atoms with Gasteiger partial charge in [0.15, 0.2) is 0 Å². The van der Waals surface area contributed by atoms with Crippen LogP contribution in [0.15, 0.2) is 52.3 Å². The number of piperazine rings is 1. The van der Waals surface area contributed by atoms with Gasteiger partial charge in [-0.2, -0.15) is 0 Å². The van der Waals surface area contributed by atoms with Gasteiger partial charge in [-0.1, -0.05) is 11.8 Å². The molecular weight excluding hydrogens is 371 g/mol. The average molecular weight is 391 g/mol. The number of nitro groups is 1. The quantitative estimate of drug-likeness (QED) is 0.594. The predicted molar refractivity (Wildman–Crippen MR) is 99.3 cm³/mol. The Balaban J connectivity index is 1.75. The number of amides is 1. The smallest absolute Gasteiger partial charge is 0.284 e. The van der Waals surface area contributed by atoms with E-state index in [0.29, 0.717) is 9.79 Å². The Bertz CT molecular complexity index is 839. The third-order valence-corrected chi connectivity index (χ3v) is 5.41. The molecule has 1 amide bonds. The SMILES string of the molecule is C[NH+]1CCN(NC(=O)c2ccc(Sc3ccc(F)cc3)c([N+](=O)[O-])c2)CC1. The van der Waals surface area contributed by atoms with Crippen LogP contribution in [0.3, 0.4) is 0 Å². The van der Waals surface area contributed by atoms with E-state index < -0.39 is 4.92 Å². The predicted octanol–water partition coefficient (Wildman–Crippen LogP) is 1.36. The Morgan fingerprint density at radius 1 is 1.22 bits per heavy atom. The Labute approximate surface area is 160 Å². The number of hydrogen-bond acceptors (Lipinski definition) is 5. The van der Waals surface area contributed by atoms with E-state index in [4.69, 9.17) is 0 Å². The summed E-state index contributed by atoms with van der Waals surface area (Å²) in [5, 5.41) is 13.3. The molecule has 2 N–H and O–H groups in total. The van der Waals surface area contributed by atoms with Gasteiger partial charge in [0, 0.05) is 16.5 Å². The zero-order valence-corrected chi connectivity index (χ0v) is 15.6. The lowest BCUT2D eigenvalue weighted by Gasteiger charge is -2.30. The fourth-order valence-corrected chi connectivity index (χ4v) is 3.63. The Morgan fingerprint density at radius 3 is 2.52 bits per heavy atom. The van der Waals surface area contributed by atoms with Gasteiger partial charge in [-0.3, -0.25) is 20.3 Å². The molecule has 7 nitrogen and oxygen atoms in total. The molecule has 1 aliphatic heterocycles. The van der Waals surface area contributed by atoms with Crippen molar-refractivity contribution in [3.05, 3.63) is 64.0 Å². The first-order valence-electron chi connectivity index (χ1n) is 8.51. The topological polar surface area (TPSA) is 79.9 Å². The van der Waals surface area contributed by atoms with Gasteiger partial charge in [-0.25, -0.2) is 9.40 Å². The zero-order valence-electron chi connectivity index (χ0n) is 14.8. The molecule has 1 heterocycles. The number of hydrazine groups is 1. The van der Waals surface area contributed by atoms with E-state index in [-0.39, 0.29) is 23.0 Å². The van der Waals surface area contributed by atoms with Gasteiger partial charge in [-0.05, 0) is 36.4 Å². The molecule has 9 heteroatoms. The van der Waals surface area contributed by atoms with Crippen molar-refractivity contribution in [1.29, 1.82) is 0 Å². The summed E-state index contributed by atoms with van der Waals surface area (Å²) in [5.41, 5.74) is 2.89. The van der Waals surface area contributed by atoms with Crippen LogP contribution in [-0.2, 0) is 0 Å². The summed E-state index contributed by atoms with van der Waals surface area (Å²) >= 11 is 1.15. The minimum Gasteiger partial charge on any atom is -0.335 e. The summed E-state index contributed by atoms with van der Waals surface area (Å²) in [6.45, 7) is 3.32. The molecule has 27 heavy (non-hydrogen) atoms. The minimum absolute atomic E-state index is 0.153. The molecule has 0 bridgehead atoms. The number of carbonyl (C=O) groups is 1. The standard InChI is InChI=1S/C18H19FN4O3S/c1-21-8-10-22(11-9-21)20-18(24)13-2-7-17(16(12-13)23(25)26)27-15-5-3-14(19)4-6-15/h2-7,12H,8-11H2,1H3,(H,20,24)/p+1. The molecule has 3 rings (SSSR count). The summed E-state index contributed by atoms with van der Waals surface area (Å²) < 4.78 is 13.0. The summed E-state index contributed by atoms with van der Waals surface area (Å²) in [4.78, 5) is 25.9. The lowest BCUT2D eigenvalue weighted by Crippen LogP contribution is -3.12. The first kappa shape index (κ1) is 19.3. The summed E-state index contributed by atoms with van der Waals surface area (Å²) in [5.74, 6) is -0.734. The van der Waals surface area contributed by atoms with Crippen LogP contribution in [0.2, 0.25) is 0 Å². The van der Waals surface area contributed by atoms with Crippen molar-refractivity contribution in [2.75, 3.05) is 33.2 Å². The molecule has 0 unspecified atom stereocenters. The fourth-order valence-electron chi connectivity index (χ4n) is 2.73. The first-order chi connectivity index (χ1) is 12.9. The van der Waals surface area contributed by atoms with Crippen LogP contribution < -0.4 is 10.3 Å². The molecule has 0 saturated carbocycles. The van der Waals surface area contributed by atoms with Crippen LogP contribution in [0, 0.1) is 15.9 Å². The largest absolute Gasteiger partial charge is 0.335 e. The third kappa shape index (κ3) is 5.03. The van der Waals surface area contributed by atoms with Crippen molar-refractivity contribution in [1.82, 2.24) is 10.4 Å². The van der Waals surface area contributed by atoms with Crippen molar-refractivity contribution in [3.8, 4) is 0 Å². The van der Waals surface area contributed by atoms with Crippen molar-refractivity contribution >= 4 is 23.4 Å². The number of rotatable bonds is 5. The van der Waals surface area contributed by atoms with Crippen LogP contribution in [-0.4, -0.2) is 49.1 Å². The normalized spacial score (nSPS) is 15.5. The van der Waals surface area contributed by atoms with Crippen LogP contribution in [0.1, 0.15) is 10.4 Å².